The largest absolute Gasteiger partial charge is 0.440 e. The van der Waals surface area contributed by atoms with Crippen LogP contribution < -0.4 is 5.73 Å². The summed E-state index contributed by atoms with van der Waals surface area (Å²) in [4.78, 5) is 5.91. The van der Waals surface area contributed by atoms with Crippen molar-refractivity contribution in [1.82, 2.24) is 4.98 Å². The van der Waals surface area contributed by atoms with Crippen molar-refractivity contribution >= 4 is 29.4 Å². The third-order valence-electron chi connectivity index (χ3n) is 2.08. The minimum atomic E-state index is 0.0593. The lowest BCUT2D eigenvalue weighted by Gasteiger charge is -2.10. The highest BCUT2D eigenvalue weighted by molar-refractivity contribution is 7.99. The van der Waals surface area contributed by atoms with E-state index in [0.29, 0.717) is 5.22 Å². The molecule has 0 saturated carbocycles. The Morgan fingerprint density at radius 2 is 2.18 bits per heavy atom. The zero-order valence-electron chi connectivity index (χ0n) is 9.14. The van der Waals surface area contributed by atoms with Crippen LogP contribution in [0.25, 0.3) is 0 Å². The lowest BCUT2D eigenvalue weighted by molar-refractivity contribution is 0.454. The third-order valence-corrected chi connectivity index (χ3v) is 3.80. The van der Waals surface area contributed by atoms with E-state index < -0.39 is 0 Å². The van der Waals surface area contributed by atoms with E-state index in [9.17, 15) is 0 Å². The predicted molar refractivity (Wildman–Crippen MR) is 69.9 cm³/mol. The van der Waals surface area contributed by atoms with Crippen molar-refractivity contribution < 1.29 is 4.42 Å². The standard InChI is InChI=1S/C11H11N3OS2/c1-16-7-3-2-4-8(9(7)10(12)13)17-11-14-5-6-15-11/h2-6H,1H3,(H3,12,13). The van der Waals surface area contributed by atoms with Gasteiger partial charge in [-0.2, -0.15) is 0 Å². The van der Waals surface area contributed by atoms with Gasteiger partial charge < -0.3 is 10.2 Å². The first kappa shape index (κ1) is 12.1. The van der Waals surface area contributed by atoms with Crippen LogP contribution in [0.3, 0.4) is 0 Å². The maximum absolute atomic E-state index is 7.65. The Bertz CT molecular complexity index is 526. The van der Waals surface area contributed by atoms with E-state index in [1.165, 1.54) is 18.0 Å². The van der Waals surface area contributed by atoms with Crippen molar-refractivity contribution in [2.75, 3.05) is 6.26 Å². The van der Waals surface area contributed by atoms with Crippen molar-refractivity contribution in [3.05, 3.63) is 36.2 Å². The molecule has 2 aromatic rings. The molecule has 0 amide bonds. The number of hydrogen-bond acceptors (Lipinski definition) is 5. The van der Waals surface area contributed by atoms with Crippen LogP contribution in [0.2, 0.25) is 0 Å². The van der Waals surface area contributed by atoms with Crippen LogP contribution in [0.15, 0.2) is 50.1 Å². The number of nitrogens with one attached hydrogen (secondary N) is 1. The van der Waals surface area contributed by atoms with Crippen LogP contribution in [0.1, 0.15) is 5.56 Å². The van der Waals surface area contributed by atoms with Gasteiger partial charge in [0, 0.05) is 15.4 Å². The highest BCUT2D eigenvalue weighted by Gasteiger charge is 2.13. The Labute approximate surface area is 108 Å². The molecule has 0 unspecified atom stereocenters. The van der Waals surface area contributed by atoms with Crippen molar-refractivity contribution in [2.24, 2.45) is 5.73 Å². The van der Waals surface area contributed by atoms with Crippen LogP contribution in [0.4, 0.5) is 0 Å². The second-order valence-electron chi connectivity index (χ2n) is 3.15. The van der Waals surface area contributed by atoms with Crippen LogP contribution >= 0.6 is 23.5 Å². The molecule has 2 rings (SSSR count). The third kappa shape index (κ3) is 2.65. The molecule has 17 heavy (non-hydrogen) atoms. The molecule has 1 heterocycles. The van der Waals surface area contributed by atoms with Crippen LogP contribution in [-0.4, -0.2) is 17.1 Å². The van der Waals surface area contributed by atoms with Crippen molar-refractivity contribution in [1.29, 1.82) is 5.41 Å². The van der Waals surface area contributed by atoms with Gasteiger partial charge in [-0.25, -0.2) is 4.98 Å². The van der Waals surface area contributed by atoms with Gasteiger partial charge in [0.15, 0.2) is 0 Å². The number of nitrogens with two attached hydrogens (primary N) is 1. The number of nitrogens with zero attached hydrogens (tertiary/aromatic N) is 1. The van der Waals surface area contributed by atoms with Gasteiger partial charge in [0.1, 0.15) is 12.1 Å². The average molecular weight is 265 g/mol. The van der Waals surface area contributed by atoms with Crippen molar-refractivity contribution in [3.8, 4) is 0 Å². The number of thioether (sulfide) groups is 1. The van der Waals surface area contributed by atoms with E-state index in [2.05, 4.69) is 4.98 Å². The van der Waals surface area contributed by atoms with Crippen LogP contribution in [0, 0.1) is 5.41 Å². The van der Waals surface area contributed by atoms with Crippen molar-refractivity contribution in [2.45, 2.75) is 15.0 Å². The second kappa shape index (κ2) is 5.29. The van der Waals surface area contributed by atoms with E-state index >= 15 is 0 Å². The van der Waals surface area contributed by atoms with E-state index in [1.54, 1.807) is 18.0 Å². The molecule has 0 bridgehead atoms. The van der Waals surface area contributed by atoms with Gasteiger partial charge in [-0.1, -0.05) is 6.07 Å². The molecule has 0 fully saturated rings. The molecule has 6 heteroatoms. The molecule has 0 aliphatic carbocycles. The van der Waals surface area contributed by atoms with Crippen LogP contribution in [-0.2, 0) is 0 Å². The normalized spacial score (nSPS) is 10.4. The Morgan fingerprint density at radius 1 is 1.41 bits per heavy atom. The zero-order chi connectivity index (χ0) is 12.3. The number of nitrogen functional groups attached to an aromatic ring is 1. The summed E-state index contributed by atoms with van der Waals surface area (Å²) in [5.41, 5.74) is 6.36. The maximum atomic E-state index is 7.65. The Balaban J connectivity index is 2.42. The monoisotopic (exact) mass is 265 g/mol. The average Bonchev–Trinajstić information content (AvgIpc) is 2.81. The summed E-state index contributed by atoms with van der Waals surface area (Å²) in [6.45, 7) is 0. The zero-order valence-corrected chi connectivity index (χ0v) is 10.8. The number of oxazole rings is 1. The van der Waals surface area contributed by atoms with Gasteiger partial charge in [0.05, 0.1) is 6.20 Å². The summed E-state index contributed by atoms with van der Waals surface area (Å²) >= 11 is 2.93. The molecule has 0 aliphatic heterocycles. The number of hydrogen-bond donors (Lipinski definition) is 2. The molecule has 88 valence electrons. The summed E-state index contributed by atoms with van der Waals surface area (Å²) in [5.74, 6) is 0.0593. The molecule has 0 aliphatic rings. The first-order chi connectivity index (χ1) is 8.22. The summed E-state index contributed by atoms with van der Waals surface area (Å²) in [6.07, 6.45) is 5.07. The SMILES string of the molecule is CSc1cccc(Sc2ncco2)c1C(=N)N. The first-order valence-electron chi connectivity index (χ1n) is 4.81. The van der Waals surface area contributed by atoms with Gasteiger partial charge in [-0.3, -0.25) is 5.41 Å². The molecule has 0 atom stereocenters. The summed E-state index contributed by atoms with van der Waals surface area (Å²) < 4.78 is 5.18. The maximum Gasteiger partial charge on any atom is 0.260 e. The Morgan fingerprint density at radius 3 is 2.76 bits per heavy atom. The molecule has 4 nitrogen and oxygen atoms in total. The molecule has 0 spiro atoms. The summed E-state index contributed by atoms with van der Waals surface area (Å²) in [7, 11) is 0. The van der Waals surface area contributed by atoms with Crippen molar-refractivity contribution in [3.63, 3.8) is 0 Å². The molecular formula is C11H11N3OS2. The van der Waals surface area contributed by atoms with Gasteiger partial charge in [0.2, 0.25) is 0 Å². The number of rotatable bonds is 4. The molecule has 1 aromatic carbocycles. The topological polar surface area (TPSA) is 75.9 Å². The van der Waals surface area contributed by atoms with E-state index in [-0.39, 0.29) is 5.84 Å². The van der Waals surface area contributed by atoms with Gasteiger partial charge in [-0.05, 0) is 30.2 Å². The highest BCUT2D eigenvalue weighted by Crippen LogP contribution is 2.33. The fourth-order valence-electron chi connectivity index (χ4n) is 1.39. The summed E-state index contributed by atoms with van der Waals surface area (Å²) in [5, 5.41) is 8.20. The Hall–Kier alpha value is -1.40. The summed E-state index contributed by atoms with van der Waals surface area (Å²) in [6, 6.07) is 5.79. The van der Waals surface area contributed by atoms with Gasteiger partial charge >= 0.3 is 0 Å². The molecule has 0 radical (unpaired) electrons. The number of amidine groups is 1. The lowest BCUT2D eigenvalue weighted by atomic mass is 10.2. The fourth-order valence-corrected chi connectivity index (χ4v) is 2.96. The smallest absolute Gasteiger partial charge is 0.260 e. The minimum absolute atomic E-state index is 0.0593. The molecule has 3 N–H and O–H groups in total. The number of benzene rings is 1. The van der Waals surface area contributed by atoms with E-state index in [4.69, 9.17) is 15.6 Å². The van der Waals surface area contributed by atoms with E-state index in [1.807, 2.05) is 24.5 Å². The van der Waals surface area contributed by atoms with Gasteiger partial charge in [0.25, 0.3) is 5.22 Å². The predicted octanol–water partition coefficient (Wildman–Crippen LogP) is 2.83. The number of aromatic nitrogens is 1. The molecule has 0 saturated heterocycles. The molecule has 1 aromatic heterocycles. The Kier molecular flexibility index (Phi) is 3.75. The molecular weight excluding hydrogens is 254 g/mol. The lowest BCUT2D eigenvalue weighted by Crippen LogP contribution is -2.13. The minimum Gasteiger partial charge on any atom is -0.440 e. The van der Waals surface area contributed by atoms with Gasteiger partial charge in [-0.15, -0.1) is 11.8 Å². The second-order valence-corrected chi connectivity index (χ2v) is 4.99. The first-order valence-corrected chi connectivity index (χ1v) is 6.85. The van der Waals surface area contributed by atoms with Crippen LogP contribution in [0.5, 0.6) is 0 Å². The fraction of sp³-hybridized carbons (Fsp3) is 0.0909. The quantitative estimate of drug-likeness (QED) is 0.505. The highest BCUT2D eigenvalue weighted by atomic mass is 32.2. The van der Waals surface area contributed by atoms with E-state index in [0.717, 1.165) is 15.4 Å².